The molecule has 0 heterocycles. The minimum atomic E-state index is -2.34. The van der Waals surface area contributed by atoms with Gasteiger partial charge in [-0.05, 0) is 5.53 Å². The van der Waals surface area contributed by atoms with Crippen molar-refractivity contribution < 1.29 is 19.0 Å². The van der Waals surface area contributed by atoms with Gasteiger partial charge in [0, 0.05) is 11.5 Å². The van der Waals surface area contributed by atoms with Crippen LogP contribution in [0.5, 0.6) is 0 Å². The highest BCUT2D eigenvalue weighted by atomic mass is 19.1. The van der Waals surface area contributed by atoms with Crippen LogP contribution in [0.4, 0.5) is 4.39 Å². The largest absolute Gasteiger partial charge is 0.477 e. The Balaban J connectivity index is 3.38. The minimum absolute atomic E-state index is 0.0792. The van der Waals surface area contributed by atoms with Gasteiger partial charge in [-0.2, -0.15) is 0 Å². The van der Waals surface area contributed by atoms with Crippen LogP contribution in [0.2, 0.25) is 0 Å². The normalized spacial score (nSPS) is 11.7. The third-order valence-corrected chi connectivity index (χ3v) is 0.713. The summed E-state index contributed by atoms with van der Waals surface area (Å²) in [6.45, 7) is -0.318. The maximum atomic E-state index is 12.0. The number of hydrogen-bond donors (Lipinski definition) is 1. The van der Waals surface area contributed by atoms with E-state index in [9.17, 15) is 9.18 Å². The van der Waals surface area contributed by atoms with Crippen LogP contribution in [0, 0.1) is 0 Å². The van der Waals surface area contributed by atoms with Crippen LogP contribution in [-0.2, 0) is 9.53 Å². The van der Waals surface area contributed by atoms with E-state index in [0.717, 1.165) is 0 Å². The first kappa shape index (κ1) is 9.67. The van der Waals surface area contributed by atoms with Crippen molar-refractivity contribution in [1.29, 1.82) is 0 Å². The van der Waals surface area contributed by atoms with Crippen LogP contribution in [0.25, 0.3) is 10.4 Å². The van der Waals surface area contributed by atoms with E-state index >= 15 is 0 Å². The predicted octanol–water partition coefficient (Wildman–Crippen LogP) is 0.693. The molecule has 1 N–H and O–H groups in total. The van der Waals surface area contributed by atoms with E-state index in [1.54, 1.807) is 0 Å². The van der Waals surface area contributed by atoms with Crippen molar-refractivity contribution >= 4 is 5.97 Å². The highest BCUT2D eigenvalue weighted by molar-refractivity contribution is 5.70. The number of nitrogens with zero attached hydrogens (tertiary/aromatic N) is 3. The van der Waals surface area contributed by atoms with Crippen LogP contribution in [0.1, 0.15) is 0 Å². The third-order valence-electron chi connectivity index (χ3n) is 0.713. The lowest BCUT2D eigenvalue weighted by molar-refractivity contribution is -0.162. The van der Waals surface area contributed by atoms with Gasteiger partial charge in [0.15, 0.2) is 0 Å². The van der Waals surface area contributed by atoms with E-state index in [0.29, 0.717) is 0 Å². The molecule has 0 aliphatic carbocycles. The Morgan fingerprint density at radius 2 is 2.55 bits per heavy atom. The van der Waals surface area contributed by atoms with Gasteiger partial charge in [-0.25, -0.2) is 9.18 Å². The maximum Gasteiger partial charge on any atom is 0.366 e. The predicted molar refractivity (Wildman–Crippen MR) is 32.5 cm³/mol. The summed E-state index contributed by atoms with van der Waals surface area (Å²) in [4.78, 5) is 12.1. The van der Waals surface area contributed by atoms with Gasteiger partial charge in [0.25, 0.3) is 6.36 Å². The molecule has 1 unspecified atom stereocenters. The Morgan fingerprint density at radius 1 is 1.91 bits per heavy atom. The van der Waals surface area contributed by atoms with Gasteiger partial charge in [-0.15, -0.1) is 0 Å². The summed E-state index contributed by atoms with van der Waals surface area (Å²) < 4.78 is 16.1. The molecule has 0 bridgehead atoms. The molecule has 0 saturated heterocycles. The number of aliphatic carboxylic acids is 1. The molecule has 0 rings (SSSR count). The Morgan fingerprint density at radius 3 is 3.00 bits per heavy atom. The summed E-state index contributed by atoms with van der Waals surface area (Å²) in [5, 5.41) is 10.9. The second-order valence-electron chi connectivity index (χ2n) is 1.48. The van der Waals surface area contributed by atoms with E-state index in [1.807, 2.05) is 0 Å². The Bertz CT molecular complexity index is 179. The van der Waals surface area contributed by atoms with E-state index in [1.165, 1.54) is 0 Å². The van der Waals surface area contributed by atoms with E-state index in [4.69, 9.17) is 10.6 Å². The van der Waals surface area contributed by atoms with Crippen molar-refractivity contribution in [2.24, 2.45) is 5.11 Å². The van der Waals surface area contributed by atoms with Gasteiger partial charge in [-0.1, -0.05) is 5.11 Å². The molecule has 62 valence electrons. The average Bonchev–Trinajstić information content (AvgIpc) is 1.97. The molecule has 0 radical (unpaired) electrons. The monoisotopic (exact) mass is 163 g/mol. The number of carboxylic acids is 1. The standard InChI is InChI=1S/C4H6FN3O3/c5-3(4(9)10)11-2-1-7-8-6/h3H,1-2H2,(H,9,10). The van der Waals surface area contributed by atoms with Gasteiger partial charge in [-0.3, -0.25) is 0 Å². The number of azide groups is 1. The summed E-state index contributed by atoms with van der Waals surface area (Å²) >= 11 is 0. The molecule has 1 atom stereocenters. The second-order valence-corrected chi connectivity index (χ2v) is 1.48. The second kappa shape index (κ2) is 5.45. The first-order valence-electron chi connectivity index (χ1n) is 2.68. The van der Waals surface area contributed by atoms with Crippen molar-refractivity contribution in [1.82, 2.24) is 0 Å². The number of rotatable bonds is 5. The zero-order chi connectivity index (χ0) is 8.69. The highest BCUT2D eigenvalue weighted by Crippen LogP contribution is 1.92. The molecule has 0 aromatic heterocycles. The molecular weight excluding hydrogens is 157 g/mol. The van der Waals surface area contributed by atoms with E-state index in [-0.39, 0.29) is 13.2 Å². The van der Waals surface area contributed by atoms with Gasteiger partial charge in [0.05, 0.1) is 6.61 Å². The van der Waals surface area contributed by atoms with Crippen LogP contribution in [0.3, 0.4) is 0 Å². The number of carbonyl (C=O) groups is 1. The smallest absolute Gasteiger partial charge is 0.366 e. The SMILES string of the molecule is [N-]=[N+]=NCCOC(F)C(=O)O. The van der Waals surface area contributed by atoms with Gasteiger partial charge < -0.3 is 9.84 Å². The zero-order valence-electron chi connectivity index (χ0n) is 5.47. The molecule has 0 aliphatic heterocycles. The van der Waals surface area contributed by atoms with Crippen LogP contribution < -0.4 is 0 Å². The first-order chi connectivity index (χ1) is 5.18. The number of hydrogen-bond acceptors (Lipinski definition) is 3. The van der Waals surface area contributed by atoms with Crippen LogP contribution in [0.15, 0.2) is 5.11 Å². The van der Waals surface area contributed by atoms with Crippen molar-refractivity contribution in [3.8, 4) is 0 Å². The Kier molecular flexibility index (Phi) is 4.80. The molecular formula is C4H6FN3O3. The van der Waals surface area contributed by atoms with Gasteiger partial charge in [0.2, 0.25) is 0 Å². The molecule has 11 heavy (non-hydrogen) atoms. The van der Waals surface area contributed by atoms with Crippen molar-refractivity contribution in [2.45, 2.75) is 6.36 Å². The summed E-state index contributed by atoms with van der Waals surface area (Å²) in [5.41, 5.74) is 7.73. The molecule has 0 aromatic carbocycles. The van der Waals surface area contributed by atoms with Gasteiger partial charge in [0.1, 0.15) is 0 Å². The Hall–Kier alpha value is -1.33. The minimum Gasteiger partial charge on any atom is -0.477 e. The Labute approximate surface area is 61.2 Å². The summed E-state index contributed by atoms with van der Waals surface area (Å²) in [7, 11) is 0. The van der Waals surface area contributed by atoms with Crippen molar-refractivity contribution in [3.05, 3.63) is 10.4 Å². The highest BCUT2D eigenvalue weighted by Gasteiger charge is 2.14. The summed E-state index contributed by atoms with van der Waals surface area (Å²) in [5.74, 6) is -1.69. The molecule has 7 heteroatoms. The zero-order valence-corrected chi connectivity index (χ0v) is 5.47. The fourth-order valence-electron chi connectivity index (χ4n) is 0.313. The molecule has 0 saturated carbocycles. The summed E-state index contributed by atoms with van der Waals surface area (Å²) in [6.07, 6.45) is -2.34. The number of ether oxygens (including phenoxy) is 1. The fourth-order valence-corrected chi connectivity index (χ4v) is 0.313. The third kappa shape index (κ3) is 5.13. The summed E-state index contributed by atoms with van der Waals surface area (Å²) in [6, 6.07) is 0. The quantitative estimate of drug-likeness (QED) is 0.279. The topological polar surface area (TPSA) is 95.3 Å². The molecule has 0 aliphatic rings. The first-order valence-corrected chi connectivity index (χ1v) is 2.68. The molecule has 6 nitrogen and oxygen atoms in total. The number of halogens is 1. The lowest BCUT2D eigenvalue weighted by atomic mass is 10.6. The molecule has 0 fully saturated rings. The number of carboxylic acid groups (broad SMARTS) is 1. The lowest BCUT2D eigenvalue weighted by Crippen LogP contribution is -2.19. The van der Waals surface area contributed by atoms with Crippen LogP contribution in [-0.4, -0.2) is 30.6 Å². The number of alkyl halides is 1. The average molecular weight is 163 g/mol. The molecule has 0 amide bonds. The van der Waals surface area contributed by atoms with E-state index in [2.05, 4.69) is 14.8 Å². The van der Waals surface area contributed by atoms with Crippen molar-refractivity contribution in [3.63, 3.8) is 0 Å². The van der Waals surface area contributed by atoms with Crippen LogP contribution >= 0.6 is 0 Å². The van der Waals surface area contributed by atoms with Gasteiger partial charge >= 0.3 is 5.97 Å². The van der Waals surface area contributed by atoms with E-state index < -0.39 is 12.3 Å². The molecule has 0 aromatic rings. The lowest BCUT2D eigenvalue weighted by Gasteiger charge is -2.01. The maximum absolute atomic E-state index is 12.0. The fraction of sp³-hybridized carbons (Fsp3) is 0.750. The molecule has 0 spiro atoms. The van der Waals surface area contributed by atoms with Crippen molar-refractivity contribution in [2.75, 3.05) is 13.2 Å².